The van der Waals surface area contributed by atoms with Crippen LogP contribution in [0.2, 0.25) is 5.02 Å². The van der Waals surface area contributed by atoms with Crippen molar-refractivity contribution >= 4 is 50.9 Å². The lowest BCUT2D eigenvalue weighted by Gasteiger charge is -2.09. The number of carbonyl (C=O) groups excluding carboxylic acids is 1. The van der Waals surface area contributed by atoms with Crippen molar-refractivity contribution in [2.75, 3.05) is 16.3 Å². The number of hydrogen-bond acceptors (Lipinski definition) is 6. The van der Waals surface area contributed by atoms with Gasteiger partial charge in [0.05, 0.1) is 6.26 Å². The molecule has 0 fully saturated rings. The molecule has 3 rings (SSSR count). The molecule has 0 saturated heterocycles. The second-order valence-corrected chi connectivity index (χ2v) is 9.43. The molecule has 3 aromatic rings. The Bertz CT molecular complexity index is 1150. The lowest BCUT2D eigenvalue weighted by atomic mass is 10.2. The fraction of sp³-hybridized carbons (Fsp3) is 0.211. The molecule has 1 amide bonds. The van der Waals surface area contributed by atoms with Gasteiger partial charge in [-0.3, -0.25) is 19.4 Å². The van der Waals surface area contributed by atoms with Gasteiger partial charge in [-0.1, -0.05) is 41.6 Å². The minimum Gasteiger partial charge on any atom is -0.290 e. The quantitative estimate of drug-likeness (QED) is 0.489. The van der Waals surface area contributed by atoms with Gasteiger partial charge < -0.3 is 0 Å². The second-order valence-electron chi connectivity index (χ2n) is 6.34. The van der Waals surface area contributed by atoms with Gasteiger partial charge in [0.1, 0.15) is 0 Å². The molecule has 0 saturated carbocycles. The summed E-state index contributed by atoms with van der Waals surface area (Å²) < 4.78 is 26.7. The molecule has 2 aromatic carbocycles. The predicted octanol–water partition coefficient (Wildman–Crippen LogP) is 3.87. The van der Waals surface area contributed by atoms with E-state index in [1.165, 1.54) is 36.0 Å². The largest absolute Gasteiger partial charge is 0.290 e. The van der Waals surface area contributed by atoms with Crippen molar-refractivity contribution in [1.82, 2.24) is 14.8 Å². The number of amides is 1. The Morgan fingerprint density at radius 1 is 1.13 bits per heavy atom. The van der Waals surface area contributed by atoms with Gasteiger partial charge in [0, 0.05) is 28.6 Å². The topological polar surface area (TPSA) is 106 Å². The molecule has 2 N–H and O–H groups in total. The molecule has 0 aliphatic rings. The third kappa shape index (κ3) is 5.74. The van der Waals surface area contributed by atoms with Crippen LogP contribution in [-0.4, -0.2) is 35.3 Å². The van der Waals surface area contributed by atoms with Crippen molar-refractivity contribution in [3.63, 3.8) is 0 Å². The summed E-state index contributed by atoms with van der Waals surface area (Å²) in [5.41, 5.74) is 1.73. The number of carbonyl (C=O) groups is 1. The minimum absolute atomic E-state index is 0.336. The average molecular weight is 466 g/mol. The summed E-state index contributed by atoms with van der Waals surface area (Å²) in [5, 5.41) is 12.4. The Hall–Kier alpha value is -2.56. The summed E-state index contributed by atoms with van der Waals surface area (Å²) in [6.07, 6.45) is 1.06. The molecule has 0 atom stereocenters. The Labute approximate surface area is 184 Å². The van der Waals surface area contributed by atoms with E-state index in [4.69, 9.17) is 11.6 Å². The molecule has 0 aliphatic carbocycles. The first-order valence-electron chi connectivity index (χ1n) is 8.95. The maximum absolute atomic E-state index is 12.6. The number of halogens is 1. The number of nitrogens with one attached hydrogen (secondary N) is 2. The highest BCUT2D eigenvalue weighted by atomic mass is 35.5. The second kappa shape index (κ2) is 9.50. The number of thioether (sulfide) groups is 1. The fourth-order valence-electron chi connectivity index (χ4n) is 2.61. The van der Waals surface area contributed by atoms with Crippen molar-refractivity contribution in [3.8, 4) is 0 Å². The molecule has 1 heterocycles. The van der Waals surface area contributed by atoms with E-state index in [0.29, 0.717) is 39.7 Å². The van der Waals surface area contributed by atoms with Crippen molar-refractivity contribution in [3.05, 3.63) is 64.7 Å². The molecule has 0 unspecified atom stereocenters. The zero-order valence-corrected chi connectivity index (χ0v) is 18.7. The molecule has 158 valence electrons. The molecule has 0 aliphatic heterocycles. The van der Waals surface area contributed by atoms with Crippen LogP contribution in [0, 0.1) is 0 Å². The molecule has 0 bridgehead atoms. The standard InChI is InChI=1S/C19H20ClN5O3S2/c1-3-25-18(22-23-19(25)29-12-14-6-4-5-7-16(14)20)21-17(26)13-8-10-15(11-9-13)24-30(2,27)28/h4-11,24H,3,12H2,1-2H3,(H,21,22,26). The van der Waals surface area contributed by atoms with Crippen LogP contribution in [-0.2, 0) is 22.3 Å². The predicted molar refractivity (Wildman–Crippen MR) is 120 cm³/mol. The maximum Gasteiger partial charge on any atom is 0.258 e. The summed E-state index contributed by atoms with van der Waals surface area (Å²) in [6.45, 7) is 2.51. The van der Waals surface area contributed by atoms with Crippen LogP contribution >= 0.6 is 23.4 Å². The molecule has 0 radical (unpaired) electrons. The van der Waals surface area contributed by atoms with E-state index < -0.39 is 10.0 Å². The molecular formula is C19H20ClN5O3S2. The van der Waals surface area contributed by atoms with Gasteiger partial charge in [-0.25, -0.2) is 8.42 Å². The number of anilines is 2. The van der Waals surface area contributed by atoms with Gasteiger partial charge in [-0.05, 0) is 42.8 Å². The summed E-state index contributed by atoms with van der Waals surface area (Å²) in [6, 6.07) is 13.7. The monoisotopic (exact) mass is 465 g/mol. The normalized spacial score (nSPS) is 11.3. The maximum atomic E-state index is 12.6. The van der Waals surface area contributed by atoms with E-state index in [0.717, 1.165) is 11.8 Å². The summed E-state index contributed by atoms with van der Waals surface area (Å²) in [5.74, 6) is 0.591. The Morgan fingerprint density at radius 3 is 2.47 bits per heavy atom. The summed E-state index contributed by atoms with van der Waals surface area (Å²) in [7, 11) is -3.38. The first-order chi connectivity index (χ1) is 14.3. The van der Waals surface area contributed by atoms with Gasteiger partial charge in [-0.2, -0.15) is 0 Å². The van der Waals surface area contributed by atoms with Gasteiger partial charge >= 0.3 is 0 Å². The zero-order valence-electron chi connectivity index (χ0n) is 16.3. The minimum atomic E-state index is -3.38. The Balaban J connectivity index is 1.69. The number of benzene rings is 2. The summed E-state index contributed by atoms with van der Waals surface area (Å²) in [4.78, 5) is 12.6. The Morgan fingerprint density at radius 2 is 1.83 bits per heavy atom. The van der Waals surface area contributed by atoms with E-state index in [-0.39, 0.29) is 5.91 Å². The zero-order chi connectivity index (χ0) is 21.7. The molecule has 8 nitrogen and oxygen atoms in total. The SMILES string of the molecule is CCn1c(NC(=O)c2ccc(NS(C)(=O)=O)cc2)nnc1SCc1ccccc1Cl. The molecule has 11 heteroatoms. The van der Waals surface area contributed by atoms with Gasteiger partial charge in [0.2, 0.25) is 16.0 Å². The van der Waals surface area contributed by atoms with Gasteiger partial charge in [0.25, 0.3) is 5.91 Å². The highest BCUT2D eigenvalue weighted by Crippen LogP contribution is 2.27. The van der Waals surface area contributed by atoms with Crippen LogP contribution in [0.15, 0.2) is 53.7 Å². The number of rotatable bonds is 8. The van der Waals surface area contributed by atoms with E-state index in [2.05, 4.69) is 20.2 Å². The van der Waals surface area contributed by atoms with Crippen LogP contribution in [0.3, 0.4) is 0 Å². The molecular weight excluding hydrogens is 446 g/mol. The average Bonchev–Trinajstić information content (AvgIpc) is 3.08. The highest BCUT2D eigenvalue weighted by molar-refractivity contribution is 7.98. The van der Waals surface area contributed by atoms with E-state index >= 15 is 0 Å². The van der Waals surface area contributed by atoms with E-state index in [9.17, 15) is 13.2 Å². The highest BCUT2D eigenvalue weighted by Gasteiger charge is 2.15. The van der Waals surface area contributed by atoms with Crippen LogP contribution in [0.25, 0.3) is 0 Å². The molecule has 1 aromatic heterocycles. The molecule has 30 heavy (non-hydrogen) atoms. The van der Waals surface area contributed by atoms with Crippen molar-refractivity contribution in [2.24, 2.45) is 0 Å². The first kappa shape index (κ1) is 22.1. The van der Waals surface area contributed by atoms with Crippen molar-refractivity contribution < 1.29 is 13.2 Å². The first-order valence-corrected chi connectivity index (χ1v) is 12.2. The number of nitrogens with zero attached hydrogens (tertiary/aromatic N) is 3. The smallest absolute Gasteiger partial charge is 0.258 e. The number of aromatic nitrogens is 3. The van der Waals surface area contributed by atoms with Gasteiger partial charge in [-0.15, -0.1) is 10.2 Å². The number of hydrogen-bond donors (Lipinski definition) is 2. The van der Waals surface area contributed by atoms with Crippen LogP contribution < -0.4 is 10.0 Å². The fourth-order valence-corrected chi connectivity index (χ4v) is 4.46. The third-order valence-electron chi connectivity index (χ3n) is 4.02. The number of sulfonamides is 1. The van der Waals surface area contributed by atoms with Crippen LogP contribution in [0.4, 0.5) is 11.6 Å². The van der Waals surface area contributed by atoms with Crippen LogP contribution in [0.5, 0.6) is 0 Å². The van der Waals surface area contributed by atoms with Crippen molar-refractivity contribution in [2.45, 2.75) is 24.4 Å². The van der Waals surface area contributed by atoms with E-state index in [1.54, 1.807) is 4.57 Å². The third-order valence-corrected chi connectivity index (χ3v) is 6.01. The molecule has 0 spiro atoms. The lowest BCUT2D eigenvalue weighted by Crippen LogP contribution is -2.16. The van der Waals surface area contributed by atoms with Crippen molar-refractivity contribution in [1.29, 1.82) is 0 Å². The van der Waals surface area contributed by atoms with Crippen LogP contribution in [0.1, 0.15) is 22.8 Å². The van der Waals surface area contributed by atoms with E-state index in [1.807, 2.05) is 31.2 Å². The summed E-state index contributed by atoms with van der Waals surface area (Å²) >= 11 is 7.68. The van der Waals surface area contributed by atoms with Gasteiger partial charge in [0.15, 0.2) is 5.16 Å². The lowest BCUT2D eigenvalue weighted by molar-refractivity contribution is 0.102. The Kier molecular flexibility index (Phi) is 7.01.